The molecule has 0 saturated heterocycles. The Hall–Kier alpha value is 0.457. The Bertz CT molecular complexity index is 180. The molecule has 2 nitrogen and oxygen atoms in total. The number of ether oxygens (including phenoxy) is 1. The van der Waals surface area contributed by atoms with Crippen molar-refractivity contribution in [2.75, 3.05) is 6.61 Å². The molecule has 0 aromatic heterocycles. The van der Waals surface area contributed by atoms with E-state index < -0.39 is 7.38 Å². The Morgan fingerprint density at radius 2 is 2.07 bits per heavy atom. The molecule has 0 spiro atoms. The Morgan fingerprint density at radius 1 is 1.50 bits per heavy atom. The van der Waals surface area contributed by atoms with Gasteiger partial charge < -0.3 is 4.74 Å². The van der Waals surface area contributed by atoms with Crippen LogP contribution in [0.3, 0.4) is 0 Å². The van der Waals surface area contributed by atoms with Gasteiger partial charge in [0, 0.05) is 0 Å². The first-order valence-corrected chi connectivity index (χ1v) is 9.96. The van der Waals surface area contributed by atoms with Crippen molar-refractivity contribution in [1.82, 2.24) is 0 Å². The molecule has 0 fully saturated rings. The van der Waals surface area contributed by atoms with Gasteiger partial charge in [-0.25, -0.2) is 0 Å². The van der Waals surface area contributed by atoms with Crippen LogP contribution in [0, 0.1) is 0 Å². The van der Waals surface area contributed by atoms with Crippen LogP contribution in [-0.2, 0) is 9.53 Å². The lowest BCUT2D eigenvalue weighted by Crippen LogP contribution is -2.17. The molecule has 0 radical (unpaired) electrons. The quantitative estimate of drug-likeness (QED) is 0.247. The third-order valence-electron chi connectivity index (χ3n) is 1.73. The number of carbonyl (C=O) groups is 1. The fourth-order valence-electron chi connectivity index (χ4n) is 0.935. The molecule has 0 aliphatic heterocycles. The van der Waals surface area contributed by atoms with E-state index in [0.717, 1.165) is 18.9 Å². The maximum Gasteiger partial charge on any atom is 0.319 e. The van der Waals surface area contributed by atoms with Crippen LogP contribution in [0.1, 0.15) is 19.8 Å². The lowest BCUT2D eigenvalue weighted by atomic mass is 10.3. The largest absolute Gasteiger partial charge is 0.465 e. The zero-order chi connectivity index (χ0) is 11.2. The monoisotopic (exact) mass is 300 g/mol. The van der Waals surface area contributed by atoms with Crippen LogP contribution in [-0.4, -0.2) is 24.8 Å². The van der Waals surface area contributed by atoms with E-state index in [1.165, 1.54) is 0 Å². The fraction of sp³-hybridized carbons (Fsp3) is 0.889. The van der Waals surface area contributed by atoms with Gasteiger partial charge in [-0.05, 0) is 19.4 Å². The molecular formula is C9H18BrClO2Si. The molecule has 0 bridgehead atoms. The molecule has 0 saturated carbocycles. The molecule has 14 heavy (non-hydrogen) atoms. The summed E-state index contributed by atoms with van der Waals surface area (Å²) < 4.78 is 5.00. The Kier molecular flexibility index (Phi) is 7.08. The van der Waals surface area contributed by atoms with E-state index >= 15 is 0 Å². The first kappa shape index (κ1) is 14.5. The Morgan fingerprint density at radius 3 is 2.50 bits per heavy atom. The highest BCUT2D eigenvalue weighted by Gasteiger charge is 2.16. The van der Waals surface area contributed by atoms with Gasteiger partial charge in [0.15, 0.2) is 0 Å². The predicted molar refractivity (Wildman–Crippen MR) is 66.7 cm³/mol. The second-order valence-corrected chi connectivity index (χ2v) is 12.3. The minimum Gasteiger partial charge on any atom is -0.465 e. The van der Waals surface area contributed by atoms with Crippen LogP contribution in [0.15, 0.2) is 0 Å². The molecule has 0 heterocycles. The van der Waals surface area contributed by atoms with E-state index in [0.29, 0.717) is 6.61 Å². The number of esters is 1. The van der Waals surface area contributed by atoms with Crippen molar-refractivity contribution in [3.05, 3.63) is 0 Å². The Balaban J connectivity index is 3.35. The molecule has 0 rings (SSSR count). The number of hydrogen-bond acceptors (Lipinski definition) is 2. The van der Waals surface area contributed by atoms with Gasteiger partial charge in [0.05, 0.1) is 6.61 Å². The molecule has 5 heteroatoms. The standard InChI is InChI=1S/C9H18BrClO2Si/c1-8(10)9(12)13-6-4-5-7-14(2,3)11/h8H,4-7H2,1-3H3. The predicted octanol–water partition coefficient (Wildman–Crippen LogP) is 3.54. The molecule has 1 unspecified atom stereocenters. The SMILES string of the molecule is CC(Br)C(=O)OCCCC[Si](C)(C)Cl. The maximum atomic E-state index is 11.0. The number of alkyl halides is 1. The van der Waals surface area contributed by atoms with Gasteiger partial charge in [0.1, 0.15) is 12.2 Å². The molecule has 0 N–H and O–H groups in total. The number of halogens is 2. The van der Waals surface area contributed by atoms with Crippen LogP contribution >= 0.6 is 27.0 Å². The van der Waals surface area contributed by atoms with E-state index in [9.17, 15) is 4.79 Å². The minimum atomic E-state index is -1.43. The second kappa shape index (κ2) is 6.85. The topological polar surface area (TPSA) is 26.3 Å². The summed E-state index contributed by atoms with van der Waals surface area (Å²) >= 11 is 9.30. The van der Waals surface area contributed by atoms with Crippen LogP contribution in [0.2, 0.25) is 19.1 Å². The van der Waals surface area contributed by atoms with Crippen molar-refractivity contribution in [3.63, 3.8) is 0 Å². The highest BCUT2D eigenvalue weighted by Crippen LogP contribution is 2.17. The summed E-state index contributed by atoms with van der Waals surface area (Å²) in [6.07, 6.45) is 1.96. The van der Waals surface area contributed by atoms with Crippen LogP contribution in [0.4, 0.5) is 0 Å². The van der Waals surface area contributed by atoms with Crippen LogP contribution < -0.4 is 0 Å². The van der Waals surface area contributed by atoms with Crippen molar-refractivity contribution in [3.8, 4) is 0 Å². The highest BCUT2D eigenvalue weighted by atomic mass is 79.9. The van der Waals surface area contributed by atoms with E-state index in [4.69, 9.17) is 15.8 Å². The van der Waals surface area contributed by atoms with Gasteiger partial charge in [0.25, 0.3) is 0 Å². The lowest BCUT2D eigenvalue weighted by Gasteiger charge is -2.12. The van der Waals surface area contributed by atoms with Crippen molar-refractivity contribution in [2.24, 2.45) is 0 Å². The third kappa shape index (κ3) is 9.03. The molecule has 0 amide bonds. The highest BCUT2D eigenvalue weighted by molar-refractivity contribution is 9.10. The first-order valence-electron chi connectivity index (χ1n) is 4.82. The molecule has 84 valence electrons. The molecular weight excluding hydrogens is 284 g/mol. The summed E-state index contributed by atoms with van der Waals surface area (Å²) in [6, 6.07) is 1.08. The summed E-state index contributed by atoms with van der Waals surface area (Å²) in [5.41, 5.74) is 0. The summed E-state index contributed by atoms with van der Waals surface area (Å²) in [6.45, 7) is 6.52. The van der Waals surface area contributed by atoms with Gasteiger partial charge in [0.2, 0.25) is 0 Å². The summed E-state index contributed by atoms with van der Waals surface area (Å²) in [5.74, 6) is -0.188. The van der Waals surface area contributed by atoms with E-state index in [2.05, 4.69) is 29.0 Å². The van der Waals surface area contributed by atoms with Crippen molar-refractivity contribution >= 4 is 40.4 Å². The van der Waals surface area contributed by atoms with Crippen LogP contribution in [0.5, 0.6) is 0 Å². The van der Waals surface area contributed by atoms with Gasteiger partial charge in [-0.1, -0.05) is 35.4 Å². The average Bonchev–Trinajstić information content (AvgIpc) is 2.01. The summed E-state index contributed by atoms with van der Waals surface area (Å²) in [4.78, 5) is 10.8. The van der Waals surface area contributed by atoms with E-state index in [1.807, 2.05) is 0 Å². The lowest BCUT2D eigenvalue weighted by molar-refractivity contribution is -0.142. The zero-order valence-electron chi connectivity index (χ0n) is 8.98. The Labute approximate surface area is 100 Å². The number of hydrogen-bond donors (Lipinski definition) is 0. The zero-order valence-corrected chi connectivity index (χ0v) is 12.3. The number of unbranched alkanes of at least 4 members (excludes halogenated alkanes) is 1. The first-order chi connectivity index (χ1) is 6.33. The fourth-order valence-corrected chi connectivity index (χ4v) is 2.56. The third-order valence-corrected chi connectivity index (χ3v) is 4.22. The van der Waals surface area contributed by atoms with Gasteiger partial charge >= 0.3 is 5.97 Å². The van der Waals surface area contributed by atoms with Gasteiger partial charge in [-0.15, -0.1) is 0 Å². The van der Waals surface area contributed by atoms with Crippen LogP contribution in [0.25, 0.3) is 0 Å². The normalized spacial score (nSPS) is 13.8. The van der Waals surface area contributed by atoms with Gasteiger partial charge in [-0.3, -0.25) is 4.79 Å². The summed E-state index contributed by atoms with van der Waals surface area (Å²) in [5, 5.41) is 0. The maximum absolute atomic E-state index is 11.0. The van der Waals surface area contributed by atoms with Crippen molar-refractivity contribution in [2.45, 2.75) is 43.7 Å². The summed E-state index contributed by atoms with van der Waals surface area (Å²) in [7, 11) is -1.43. The average molecular weight is 302 g/mol. The van der Waals surface area contributed by atoms with Crippen molar-refractivity contribution in [1.29, 1.82) is 0 Å². The smallest absolute Gasteiger partial charge is 0.319 e. The van der Waals surface area contributed by atoms with E-state index in [-0.39, 0.29) is 10.8 Å². The number of rotatable bonds is 6. The minimum absolute atomic E-state index is 0.188. The van der Waals surface area contributed by atoms with E-state index in [1.54, 1.807) is 6.92 Å². The van der Waals surface area contributed by atoms with Gasteiger partial charge in [-0.2, -0.15) is 11.1 Å². The number of carbonyl (C=O) groups excluding carboxylic acids is 1. The molecule has 0 aromatic rings. The molecule has 0 aliphatic carbocycles. The molecule has 1 atom stereocenters. The second-order valence-electron chi connectivity index (χ2n) is 3.96. The van der Waals surface area contributed by atoms with Crippen molar-refractivity contribution < 1.29 is 9.53 Å². The molecule has 0 aromatic carbocycles. The molecule has 0 aliphatic rings.